The second kappa shape index (κ2) is 7.71. The first kappa shape index (κ1) is 17.4. The molecule has 0 atom stereocenters. The molecule has 4 rings (SSSR count). The number of nitrogens with one attached hydrogen (secondary N) is 1. The van der Waals surface area contributed by atoms with Gasteiger partial charge >= 0.3 is 0 Å². The molecular weight excluding hydrogens is 355 g/mol. The third-order valence-corrected chi connectivity index (χ3v) is 5.82. The number of aromatic nitrogens is 4. The topological polar surface area (TPSA) is 68.4 Å². The normalized spacial score (nSPS) is 18.3. The number of piperazine rings is 1. The number of thioether (sulfide) groups is 1. The van der Waals surface area contributed by atoms with Gasteiger partial charge in [0.2, 0.25) is 11.1 Å². The van der Waals surface area contributed by atoms with Gasteiger partial charge in [0, 0.05) is 5.56 Å². The molecule has 0 bridgehead atoms. The van der Waals surface area contributed by atoms with Gasteiger partial charge in [-0.15, -0.1) is 5.10 Å². The van der Waals surface area contributed by atoms with E-state index in [-0.39, 0.29) is 11.7 Å². The minimum atomic E-state index is -0.150. The predicted molar refractivity (Wildman–Crippen MR) is 94.2 cm³/mol. The Morgan fingerprint density at radius 3 is 2.77 bits per heavy atom. The number of quaternary nitrogens is 1. The fraction of sp³-hybridized carbons (Fsp3) is 0.529. The molecule has 138 valence electrons. The summed E-state index contributed by atoms with van der Waals surface area (Å²) >= 11 is 1.41. The van der Waals surface area contributed by atoms with E-state index in [1.807, 2.05) is 21.7 Å². The van der Waals surface area contributed by atoms with Gasteiger partial charge in [-0.25, -0.2) is 9.07 Å². The first-order valence-electron chi connectivity index (χ1n) is 8.96. The highest BCUT2D eigenvalue weighted by Gasteiger charge is 2.29. The summed E-state index contributed by atoms with van der Waals surface area (Å²) in [6.07, 6.45) is 2.22. The number of hydrogen-bond donors (Lipinski definition) is 1. The van der Waals surface area contributed by atoms with Gasteiger partial charge in [-0.2, -0.15) is 0 Å². The Morgan fingerprint density at radius 1 is 1.27 bits per heavy atom. The van der Waals surface area contributed by atoms with Gasteiger partial charge in [-0.3, -0.25) is 4.79 Å². The van der Waals surface area contributed by atoms with Crippen LogP contribution < -0.4 is 4.90 Å². The van der Waals surface area contributed by atoms with Crippen molar-refractivity contribution >= 4 is 17.7 Å². The highest BCUT2D eigenvalue weighted by Crippen LogP contribution is 2.36. The summed E-state index contributed by atoms with van der Waals surface area (Å²) in [5.74, 6) is 0.323. The standard InChI is InChI=1S/C17H21FN6OS/c18-15-4-2-1-3-13(15)11-22-7-9-23(10-8-22)16(25)12-26-17-19-20-21-24(17)14-5-6-14/h1-4,14H,5-12H2/p+1. The van der Waals surface area contributed by atoms with Crippen molar-refractivity contribution in [3.63, 3.8) is 0 Å². The third-order valence-electron chi connectivity index (χ3n) is 4.90. The molecule has 1 saturated carbocycles. The van der Waals surface area contributed by atoms with Crippen molar-refractivity contribution in [1.82, 2.24) is 25.1 Å². The van der Waals surface area contributed by atoms with Gasteiger partial charge in [0.15, 0.2) is 0 Å². The van der Waals surface area contributed by atoms with Crippen molar-refractivity contribution in [3.05, 3.63) is 35.6 Å². The molecule has 1 saturated heterocycles. The fourth-order valence-corrected chi connectivity index (χ4v) is 4.05. The van der Waals surface area contributed by atoms with Gasteiger partial charge < -0.3 is 9.80 Å². The summed E-state index contributed by atoms with van der Waals surface area (Å²) in [6.45, 7) is 3.75. The Kier molecular flexibility index (Phi) is 5.16. The van der Waals surface area contributed by atoms with Crippen molar-refractivity contribution in [2.24, 2.45) is 0 Å². The van der Waals surface area contributed by atoms with Gasteiger partial charge in [0.25, 0.3) is 0 Å². The van der Waals surface area contributed by atoms with E-state index < -0.39 is 0 Å². The van der Waals surface area contributed by atoms with E-state index in [0.717, 1.165) is 36.7 Å². The van der Waals surface area contributed by atoms with E-state index in [9.17, 15) is 9.18 Å². The zero-order valence-corrected chi connectivity index (χ0v) is 15.3. The molecule has 9 heteroatoms. The van der Waals surface area contributed by atoms with Crippen molar-refractivity contribution < 1.29 is 14.1 Å². The number of tetrazole rings is 1. The Bertz CT molecular complexity index is 772. The molecule has 2 heterocycles. The molecule has 1 aromatic heterocycles. The van der Waals surface area contributed by atoms with Crippen LogP contribution in [0.25, 0.3) is 0 Å². The molecule has 1 N–H and O–H groups in total. The van der Waals surface area contributed by atoms with Crippen molar-refractivity contribution in [2.75, 3.05) is 31.9 Å². The lowest BCUT2D eigenvalue weighted by Gasteiger charge is -2.32. The number of carbonyl (C=O) groups is 1. The zero-order valence-electron chi connectivity index (χ0n) is 14.5. The number of nitrogens with zero attached hydrogens (tertiary/aromatic N) is 5. The number of amides is 1. The highest BCUT2D eigenvalue weighted by atomic mass is 32.2. The summed E-state index contributed by atoms with van der Waals surface area (Å²) in [4.78, 5) is 15.7. The molecule has 7 nitrogen and oxygen atoms in total. The molecule has 2 fully saturated rings. The monoisotopic (exact) mass is 377 g/mol. The molecule has 1 aliphatic carbocycles. The lowest BCUT2D eigenvalue weighted by molar-refractivity contribution is -0.917. The van der Waals surface area contributed by atoms with E-state index in [0.29, 0.717) is 31.4 Å². The molecule has 0 radical (unpaired) electrons. The molecule has 0 spiro atoms. The number of halogens is 1. The van der Waals surface area contributed by atoms with Crippen LogP contribution in [0.1, 0.15) is 24.4 Å². The van der Waals surface area contributed by atoms with Gasteiger partial charge in [-0.05, 0) is 29.3 Å². The summed E-state index contributed by atoms with van der Waals surface area (Å²) in [6, 6.07) is 7.32. The van der Waals surface area contributed by atoms with E-state index in [4.69, 9.17) is 0 Å². The number of rotatable bonds is 6. The summed E-state index contributed by atoms with van der Waals surface area (Å²) in [5.41, 5.74) is 0.741. The highest BCUT2D eigenvalue weighted by molar-refractivity contribution is 7.99. The minimum absolute atomic E-state index is 0.116. The quantitative estimate of drug-likeness (QED) is 0.727. The third kappa shape index (κ3) is 4.04. The predicted octanol–water partition coefficient (Wildman–Crippen LogP) is 0.167. The molecule has 0 unspecified atom stereocenters. The summed E-state index contributed by atoms with van der Waals surface area (Å²) in [7, 11) is 0. The maximum absolute atomic E-state index is 13.8. The largest absolute Gasteiger partial charge is 0.331 e. The van der Waals surface area contributed by atoms with Gasteiger partial charge in [0.05, 0.1) is 38.0 Å². The van der Waals surface area contributed by atoms with Crippen LogP contribution in [-0.4, -0.2) is 62.9 Å². The van der Waals surface area contributed by atoms with Gasteiger partial charge in [-0.1, -0.05) is 30.0 Å². The minimum Gasteiger partial charge on any atom is -0.331 e. The first-order valence-corrected chi connectivity index (χ1v) is 9.94. The smallest absolute Gasteiger partial charge is 0.233 e. The Labute approximate surface area is 155 Å². The number of carbonyl (C=O) groups excluding carboxylic acids is 1. The van der Waals surface area contributed by atoms with Gasteiger partial charge in [0.1, 0.15) is 12.4 Å². The van der Waals surface area contributed by atoms with E-state index in [1.54, 1.807) is 6.07 Å². The average Bonchev–Trinajstić information content (AvgIpc) is 3.40. The number of hydrogen-bond acceptors (Lipinski definition) is 5. The Hall–Kier alpha value is -2.00. The lowest BCUT2D eigenvalue weighted by Crippen LogP contribution is -3.13. The van der Waals surface area contributed by atoms with E-state index in [1.165, 1.54) is 22.7 Å². The fourth-order valence-electron chi connectivity index (χ4n) is 3.21. The number of benzene rings is 1. The maximum atomic E-state index is 13.8. The average molecular weight is 377 g/mol. The van der Waals surface area contributed by atoms with Crippen LogP contribution in [-0.2, 0) is 11.3 Å². The van der Waals surface area contributed by atoms with Crippen molar-refractivity contribution in [1.29, 1.82) is 0 Å². The molecule has 1 aromatic carbocycles. The van der Waals surface area contributed by atoms with Crippen LogP contribution in [0.3, 0.4) is 0 Å². The SMILES string of the molecule is O=C(CSc1nnnn1C1CC1)N1CC[NH+](Cc2ccccc2F)CC1. The molecule has 26 heavy (non-hydrogen) atoms. The van der Waals surface area contributed by atoms with Crippen LogP contribution in [0.4, 0.5) is 4.39 Å². The van der Waals surface area contributed by atoms with Crippen molar-refractivity contribution in [3.8, 4) is 0 Å². The molecule has 1 aliphatic heterocycles. The van der Waals surface area contributed by atoms with Crippen LogP contribution in [0.2, 0.25) is 0 Å². The maximum Gasteiger partial charge on any atom is 0.233 e. The van der Waals surface area contributed by atoms with Crippen molar-refractivity contribution in [2.45, 2.75) is 30.6 Å². The van der Waals surface area contributed by atoms with E-state index >= 15 is 0 Å². The molecule has 2 aliphatic rings. The van der Waals surface area contributed by atoms with Crippen LogP contribution in [0.5, 0.6) is 0 Å². The summed E-state index contributed by atoms with van der Waals surface area (Å²) in [5, 5.41) is 12.5. The first-order chi connectivity index (χ1) is 12.7. The van der Waals surface area contributed by atoms with Crippen LogP contribution in [0.15, 0.2) is 29.4 Å². The molecule has 1 amide bonds. The molecule has 2 aromatic rings. The second-order valence-electron chi connectivity index (χ2n) is 6.82. The Morgan fingerprint density at radius 2 is 2.04 bits per heavy atom. The molecular formula is C17H22FN6OS+. The Balaban J connectivity index is 1.24. The second-order valence-corrected chi connectivity index (χ2v) is 7.77. The van der Waals surface area contributed by atoms with Crippen LogP contribution >= 0.6 is 11.8 Å². The lowest BCUT2D eigenvalue weighted by atomic mass is 10.2. The van der Waals surface area contributed by atoms with Crippen LogP contribution in [0, 0.1) is 5.82 Å². The van der Waals surface area contributed by atoms with E-state index in [2.05, 4.69) is 15.5 Å². The summed E-state index contributed by atoms with van der Waals surface area (Å²) < 4.78 is 15.6. The zero-order chi connectivity index (χ0) is 17.9.